The molecule has 2 aromatic rings. The fourth-order valence-electron chi connectivity index (χ4n) is 1.66. The molecule has 0 aliphatic rings. The van der Waals surface area contributed by atoms with Crippen molar-refractivity contribution in [1.29, 1.82) is 0 Å². The van der Waals surface area contributed by atoms with Crippen LogP contribution in [0.5, 0.6) is 0 Å². The van der Waals surface area contributed by atoms with E-state index in [-0.39, 0.29) is 10.7 Å². The maximum Gasteiger partial charge on any atom is 0.289 e. The summed E-state index contributed by atoms with van der Waals surface area (Å²) in [6, 6.07) is 1.27. The number of halogens is 1. The summed E-state index contributed by atoms with van der Waals surface area (Å²) in [5.74, 6) is 0.413. The van der Waals surface area contributed by atoms with Gasteiger partial charge in [0, 0.05) is 31.4 Å². The van der Waals surface area contributed by atoms with Crippen LogP contribution in [0.3, 0.4) is 0 Å². The molecule has 0 bridgehead atoms. The molecule has 2 heterocycles. The summed E-state index contributed by atoms with van der Waals surface area (Å²) in [4.78, 5) is 14.0. The van der Waals surface area contributed by atoms with Crippen molar-refractivity contribution >= 4 is 23.1 Å². The molecule has 2 aromatic heterocycles. The number of aromatic nitrogens is 3. The fraction of sp³-hybridized carbons (Fsp3) is 0.273. The molecule has 0 atom stereocenters. The Morgan fingerprint density at radius 1 is 1.58 bits per heavy atom. The van der Waals surface area contributed by atoms with Crippen LogP contribution in [0.25, 0.3) is 0 Å². The van der Waals surface area contributed by atoms with Crippen LogP contribution in [-0.4, -0.2) is 19.7 Å². The Kier molecular flexibility index (Phi) is 3.66. The lowest BCUT2D eigenvalue weighted by Gasteiger charge is -2.06. The molecule has 0 spiro atoms. The van der Waals surface area contributed by atoms with Crippen LogP contribution in [0, 0.1) is 17.0 Å². The maximum atomic E-state index is 10.6. The highest BCUT2D eigenvalue weighted by molar-refractivity contribution is 6.33. The van der Waals surface area contributed by atoms with Crippen molar-refractivity contribution in [3.05, 3.63) is 44.9 Å². The number of nitro groups is 1. The zero-order valence-electron chi connectivity index (χ0n) is 10.4. The lowest BCUT2D eigenvalue weighted by atomic mass is 10.2. The first-order chi connectivity index (χ1) is 8.97. The summed E-state index contributed by atoms with van der Waals surface area (Å²) in [6.45, 7) is 2.41. The lowest BCUT2D eigenvalue weighted by Crippen LogP contribution is -2.03. The number of anilines is 1. The van der Waals surface area contributed by atoms with Crippen LogP contribution >= 0.6 is 11.6 Å². The highest BCUT2D eigenvalue weighted by Gasteiger charge is 2.11. The Morgan fingerprint density at radius 3 is 2.84 bits per heavy atom. The minimum absolute atomic E-state index is 0.131. The molecule has 1 N–H and O–H groups in total. The second-order valence-electron chi connectivity index (χ2n) is 4.05. The average molecular weight is 282 g/mol. The molecule has 2 rings (SSSR count). The summed E-state index contributed by atoms with van der Waals surface area (Å²) < 4.78 is 1.72. The van der Waals surface area contributed by atoms with Gasteiger partial charge in [-0.25, -0.2) is 4.98 Å². The average Bonchev–Trinajstić information content (AvgIpc) is 2.66. The number of pyridine rings is 1. The van der Waals surface area contributed by atoms with Crippen LogP contribution < -0.4 is 5.32 Å². The molecular weight excluding hydrogens is 270 g/mol. The predicted molar refractivity (Wildman–Crippen MR) is 71.2 cm³/mol. The van der Waals surface area contributed by atoms with E-state index < -0.39 is 4.92 Å². The van der Waals surface area contributed by atoms with Gasteiger partial charge in [0.25, 0.3) is 5.69 Å². The molecule has 0 fully saturated rings. The van der Waals surface area contributed by atoms with E-state index in [9.17, 15) is 10.1 Å². The molecule has 0 aliphatic carbocycles. The zero-order valence-corrected chi connectivity index (χ0v) is 11.2. The summed E-state index contributed by atoms with van der Waals surface area (Å²) >= 11 is 5.93. The van der Waals surface area contributed by atoms with Crippen molar-refractivity contribution in [3.63, 3.8) is 0 Å². The van der Waals surface area contributed by atoms with Crippen molar-refractivity contribution in [2.24, 2.45) is 7.05 Å². The second kappa shape index (κ2) is 5.23. The first-order valence-corrected chi connectivity index (χ1v) is 5.88. The number of hydrogen-bond acceptors (Lipinski definition) is 5. The molecule has 19 heavy (non-hydrogen) atoms. The monoisotopic (exact) mass is 281 g/mol. The largest absolute Gasteiger partial charge is 0.365 e. The number of rotatable bonds is 4. The van der Waals surface area contributed by atoms with Gasteiger partial charge in [-0.3, -0.25) is 14.8 Å². The van der Waals surface area contributed by atoms with Crippen LogP contribution in [-0.2, 0) is 13.6 Å². The summed E-state index contributed by atoms with van der Waals surface area (Å²) in [5.41, 5.74) is 1.79. The highest BCUT2D eigenvalue weighted by Crippen LogP contribution is 2.24. The van der Waals surface area contributed by atoms with Gasteiger partial charge in [0.1, 0.15) is 12.0 Å². The smallest absolute Gasteiger partial charge is 0.289 e. The summed E-state index contributed by atoms with van der Waals surface area (Å²) in [7, 11) is 1.84. The minimum atomic E-state index is -0.534. The van der Waals surface area contributed by atoms with E-state index in [1.54, 1.807) is 4.68 Å². The third-order valence-electron chi connectivity index (χ3n) is 2.60. The molecule has 0 unspecified atom stereocenters. The van der Waals surface area contributed by atoms with Gasteiger partial charge in [0.15, 0.2) is 0 Å². The Morgan fingerprint density at radius 2 is 2.32 bits per heavy atom. The van der Waals surface area contributed by atoms with E-state index in [0.717, 1.165) is 11.3 Å². The Labute approximate surface area is 114 Å². The maximum absolute atomic E-state index is 10.6. The molecule has 0 aromatic carbocycles. The topological polar surface area (TPSA) is 85.9 Å². The molecular formula is C11H12ClN5O2. The van der Waals surface area contributed by atoms with Crippen molar-refractivity contribution in [3.8, 4) is 0 Å². The van der Waals surface area contributed by atoms with Gasteiger partial charge in [-0.1, -0.05) is 11.6 Å². The standard InChI is InChI=1S/C11H12ClN5O2/c1-7-8(6-16(2)15-7)4-13-11-10(12)3-9(5-14-11)17(18)19/h3,5-6H,4H2,1-2H3,(H,13,14). The normalized spacial score (nSPS) is 10.5. The molecule has 0 radical (unpaired) electrons. The zero-order chi connectivity index (χ0) is 14.0. The fourth-order valence-corrected chi connectivity index (χ4v) is 1.89. The van der Waals surface area contributed by atoms with Crippen LogP contribution in [0.4, 0.5) is 11.5 Å². The van der Waals surface area contributed by atoms with Crippen molar-refractivity contribution in [2.75, 3.05) is 5.32 Å². The van der Waals surface area contributed by atoms with Gasteiger partial charge < -0.3 is 5.32 Å². The molecule has 0 saturated carbocycles. The Hall–Kier alpha value is -2.15. The van der Waals surface area contributed by atoms with E-state index in [0.29, 0.717) is 12.4 Å². The van der Waals surface area contributed by atoms with E-state index >= 15 is 0 Å². The van der Waals surface area contributed by atoms with Crippen molar-refractivity contribution < 1.29 is 4.92 Å². The number of aryl methyl sites for hydroxylation is 2. The number of nitrogens with zero attached hydrogens (tertiary/aromatic N) is 4. The Balaban J connectivity index is 2.12. The Bertz CT molecular complexity index is 626. The van der Waals surface area contributed by atoms with Crippen LogP contribution in [0.1, 0.15) is 11.3 Å². The van der Waals surface area contributed by atoms with Crippen LogP contribution in [0.15, 0.2) is 18.5 Å². The molecule has 0 amide bonds. The first kappa shape index (κ1) is 13.3. The van der Waals surface area contributed by atoms with Gasteiger partial charge >= 0.3 is 0 Å². The molecule has 100 valence electrons. The van der Waals surface area contributed by atoms with E-state index in [2.05, 4.69) is 15.4 Å². The van der Waals surface area contributed by atoms with Gasteiger partial charge in [0.2, 0.25) is 0 Å². The van der Waals surface area contributed by atoms with Gasteiger partial charge in [-0.05, 0) is 6.92 Å². The molecule has 8 heteroatoms. The SMILES string of the molecule is Cc1nn(C)cc1CNc1ncc([N+](=O)[O-])cc1Cl. The number of hydrogen-bond donors (Lipinski definition) is 1. The molecule has 0 aliphatic heterocycles. The van der Waals surface area contributed by atoms with Crippen LogP contribution in [0.2, 0.25) is 5.02 Å². The van der Waals surface area contributed by atoms with Crippen molar-refractivity contribution in [1.82, 2.24) is 14.8 Å². The highest BCUT2D eigenvalue weighted by atomic mass is 35.5. The second-order valence-corrected chi connectivity index (χ2v) is 4.46. The van der Waals surface area contributed by atoms with Gasteiger partial charge in [-0.2, -0.15) is 5.10 Å². The first-order valence-electron chi connectivity index (χ1n) is 5.50. The third-order valence-corrected chi connectivity index (χ3v) is 2.89. The molecule has 7 nitrogen and oxygen atoms in total. The lowest BCUT2D eigenvalue weighted by molar-refractivity contribution is -0.385. The van der Waals surface area contributed by atoms with E-state index in [1.807, 2.05) is 20.2 Å². The quantitative estimate of drug-likeness (QED) is 0.686. The van der Waals surface area contributed by atoms with Crippen molar-refractivity contribution in [2.45, 2.75) is 13.5 Å². The van der Waals surface area contributed by atoms with E-state index in [1.165, 1.54) is 12.3 Å². The minimum Gasteiger partial charge on any atom is -0.365 e. The summed E-state index contributed by atoms with van der Waals surface area (Å²) in [5, 5.41) is 18.0. The van der Waals surface area contributed by atoms with Gasteiger partial charge in [-0.15, -0.1) is 0 Å². The van der Waals surface area contributed by atoms with E-state index in [4.69, 9.17) is 11.6 Å². The summed E-state index contributed by atoms with van der Waals surface area (Å²) in [6.07, 6.45) is 3.06. The third kappa shape index (κ3) is 3.00. The molecule has 0 saturated heterocycles. The predicted octanol–water partition coefficient (Wildman–Crippen LogP) is 2.30. The van der Waals surface area contributed by atoms with Gasteiger partial charge in [0.05, 0.1) is 15.6 Å². The number of nitrogens with one attached hydrogen (secondary N) is 1.